The lowest BCUT2D eigenvalue weighted by molar-refractivity contribution is -0.0966. The number of amides is 1. The van der Waals surface area contributed by atoms with E-state index in [4.69, 9.17) is 9.57 Å². The van der Waals surface area contributed by atoms with E-state index in [-0.39, 0.29) is 11.6 Å². The van der Waals surface area contributed by atoms with Crippen LogP contribution in [0.15, 0.2) is 35.3 Å². The summed E-state index contributed by atoms with van der Waals surface area (Å²) in [7, 11) is 1.73. The van der Waals surface area contributed by atoms with Crippen LogP contribution in [0.25, 0.3) is 21.7 Å². The smallest absolute Gasteiger partial charge is 0.442 e. The lowest BCUT2D eigenvalue weighted by atomic mass is 10.1. The third kappa shape index (κ3) is 4.87. The quantitative estimate of drug-likeness (QED) is 0.395. The highest BCUT2D eigenvalue weighted by molar-refractivity contribution is 6.06. The normalized spacial score (nSPS) is 12.9. The fraction of sp³-hybridized carbons (Fsp3) is 0.480. The molecule has 7 nitrogen and oxygen atoms in total. The average molecular weight is 440 g/mol. The van der Waals surface area contributed by atoms with Gasteiger partial charge in [-0.1, -0.05) is 13.8 Å². The van der Waals surface area contributed by atoms with Crippen LogP contribution in [0, 0.1) is 12.8 Å². The van der Waals surface area contributed by atoms with Crippen molar-refractivity contribution in [2.45, 2.75) is 66.5 Å². The van der Waals surface area contributed by atoms with Gasteiger partial charge in [-0.15, -0.1) is 5.06 Å². The Kier molecular flexibility index (Phi) is 6.49. The van der Waals surface area contributed by atoms with Crippen LogP contribution < -0.4 is 10.4 Å². The molecule has 7 heteroatoms. The van der Waals surface area contributed by atoms with E-state index in [1.54, 1.807) is 23.9 Å². The largest absolute Gasteiger partial charge is 0.443 e. The maximum absolute atomic E-state index is 13.0. The number of nitrogens with zero attached hydrogens (tertiary/aromatic N) is 3. The number of aromatic nitrogens is 2. The number of ether oxygens (including phenoxy) is 1. The van der Waals surface area contributed by atoms with Crippen LogP contribution in [0.2, 0.25) is 0 Å². The van der Waals surface area contributed by atoms with Gasteiger partial charge in [0.2, 0.25) is 0 Å². The van der Waals surface area contributed by atoms with Crippen LogP contribution in [0.5, 0.6) is 5.75 Å². The van der Waals surface area contributed by atoms with Gasteiger partial charge in [0.05, 0.1) is 22.6 Å². The van der Waals surface area contributed by atoms with Crippen LogP contribution >= 0.6 is 0 Å². The van der Waals surface area contributed by atoms with E-state index in [9.17, 15) is 9.59 Å². The highest BCUT2D eigenvalue weighted by atomic mass is 16.7. The standard InChI is InChI=1S/C25H33N3O4/c1-15(2)13-16(3)28(24(30)31-25(5,6)7)32-18-9-10-19-20-11-12-26-17(4)22(20)23(29)27(8)21(19)14-18/h9-12,14-16H,13H2,1-8H3/t16-/m1/s1. The van der Waals surface area contributed by atoms with Crippen molar-refractivity contribution in [2.75, 3.05) is 0 Å². The number of rotatable bonds is 5. The summed E-state index contributed by atoms with van der Waals surface area (Å²) in [4.78, 5) is 36.2. The molecule has 172 valence electrons. The predicted octanol–water partition coefficient (Wildman–Crippen LogP) is 5.36. The molecule has 3 aromatic rings. The molecule has 0 radical (unpaired) electrons. The first-order chi connectivity index (χ1) is 14.9. The van der Waals surface area contributed by atoms with Crippen LogP contribution in [0.4, 0.5) is 4.79 Å². The Morgan fingerprint density at radius 1 is 1.16 bits per heavy atom. The highest BCUT2D eigenvalue weighted by Crippen LogP contribution is 2.28. The van der Waals surface area contributed by atoms with Crippen molar-refractivity contribution in [3.8, 4) is 5.75 Å². The monoisotopic (exact) mass is 439 g/mol. The first-order valence-electron chi connectivity index (χ1n) is 11.0. The summed E-state index contributed by atoms with van der Waals surface area (Å²) in [6.07, 6.45) is 1.92. The van der Waals surface area contributed by atoms with E-state index in [1.807, 2.05) is 52.8 Å². The summed E-state index contributed by atoms with van der Waals surface area (Å²) < 4.78 is 7.17. The van der Waals surface area contributed by atoms with Crippen molar-refractivity contribution < 1.29 is 14.4 Å². The number of hydrogen-bond donors (Lipinski definition) is 0. The second-order valence-corrected chi connectivity index (χ2v) is 9.74. The van der Waals surface area contributed by atoms with Crippen molar-refractivity contribution in [3.05, 3.63) is 46.5 Å². The van der Waals surface area contributed by atoms with Crippen molar-refractivity contribution in [3.63, 3.8) is 0 Å². The van der Waals surface area contributed by atoms with Crippen LogP contribution in [0.1, 0.15) is 53.7 Å². The lowest BCUT2D eigenvalue weighted by Crippen LogP contribution is -2.44. The third-order valence-electron chi connectivity index (χ3n) is 5.27. The first kappa shape index (κ1) is 23.6. The van der Waals surface area contributed by atoms with Gasteiger partial charge >= 0.3 is 6.09 Å². The molecule has 1 atom stereocenters. The molecule has 2 aromatic heterocycles. The van der Waals surface area contributed by atoms with Gasteiger partial charge in [-0.25, -0.2) is 4.79 Å². The Morgan fingerprint density at radius 2 is 1.84 bits per heavy atom. The zero-order chi connectivity index (χ0) is 23.8. The summed E-state index contributed by atoms with van der Waals surface area (Å²) in [6, 6.07) is 7.15. The van der Waals surface area contributed by atoms with E-state index in [0.29, 0.717) is 28.3 Å². The molecule has 0 saturated carbocycles. The molecule has 0 bridgehead atoms. The molecule has 0 aliphatic heterocycles. The fourth-order valence-corrected chi connectivity index (χ4v) is 3.92. The Balaban J connectivity index is 2.06. The Bertz CT molecular complexity index is 1210. The molecular weight excluding hydrogens is 406 g/mol. The fourth-order valence-electron chi connectivity index (χ4n) is 3.92. The molecule has 0 aliphatic carbocycles. The van der Waals surface area contributed by atoms with E-state index in [1.165, 1.54) is 5.06 Å². The van der Waals surface area contributed by atoms with Crippen LogP contribution in [0.3, 0.4) is 0 Å². The topological polar surface area (TPSA) is 73.7 Å². The molecule has 0 aliphatic rings. The van der Waals surface area contributed by atoms with E-state index >= 15 is 0 Å². The third-order valence-corrected chi connectivity index (χ3v) is 5.27. The zero-order valence-corrected chi connectivity index (χ0v) is 20.2. The van der Waals surface area contributed by atoms with Crippen molar-refractivity contribution in [2.24, 2.45) is 13.0 Å². The minimum atomic E-state index is -0.645. The van der Waals surface area contributed by atoms with Crippen LogP contribution in [-0.2, 0) is 11.8 Å². The van der Waals surface area contributed by atoms with Gasteiger partial charge in [0, 0.05) is 24.7 Å². The lowest BCUT2D eigenvalue weighted by Gasteiger charge is -2.31. The van der Waals surface area contributed by atoms with E-state index in [0.717, 1.165) is 17.2 Å². The van der Waals surface area contributed by atoms with Gasteiger partial charge in [-0.05, 0) is 70.5 Å². The summed E-state index contributed by atoms with van der Waals surface area (Å²) in [5, 5.41) is 3.66. The molecule has 32 heavy (non-hydrogen) atoms. The van der Waals surface area contributed by atoms with Crippen molar-refractivity contribution in [1.82, 2.24) is 14.6 Å². The van der Waals surface area contributed by atoms with Crippen molar-refractivity contribution in [1.29, 1.82) is 0 Å². The van der Waals surface area contributed by atoms with Gasteiger partial charge in [-0.2, -0.15) is 0 Å². The molecule has 0 unspecified atom stereocenters. The molecule has 2 heterocycles. The Labute approximate surface area is 188 Å². The molecule has 1 aromatic carbocycles. The number of hydroxylamine groups is 2. The second kappa shape index (κ2) is 8.81. The summed E-state index contributed by atoms with van der Waals surface area (Å²) in [5.41, 5.74) is 0.650. The van der Waals surface area contributed by atoms with Crippen LogP contribution in [-0.4, -0.2) is 32.4 Å². The molecule has 3 rings (SSSR count). The molecule has 0 saturated heterocycles. The summed E-state index contributed by atoms with van der Waals surface area (Å²) in [5.74, 6) is 0.832. The number of fused-ring (bicyclic) bond motifs is 3. The minimum absolute atomic E-state index is 0.118. The predicted molar refractivity (Wildman–Crippen MR) is 127 cm³/mol. The maximum atomic E-state index is 13.0. The molecule has 0 spiro atoms. The molecule has 0 N–H and O–H groups in total. The number of carbonyl (C=O) groups is 1. The van der Waals surface area contributed by atoms with E-state index < -0.39 is 11.7 Å². The molecule has 0 fully saturated rings. The average Bonchev–Trinajstić information content (AvgIpc) is 2.68. The van der Waals surface area contributed by atoms with Gasteiger partial charge in [0.25, 0.3) is 5.56 Å². The Hall–Kier alpha value is -3.09. The second-order valence-electron chi connectivity index (χ2n) is 9.74. The molecular formula is C25H33N3O4. The number of pyridine rings is 2. The van der Waals surface area contributed by atoms with Crippen molar-refractivity contribution >= 4 is 27.8 Å². The first-order valence-corrected chi connectivity index (χ1v) is 11.0. The number of hydrogen-bond acceptors (Lipinski definition) is 5. The highest BCUT2D eigenvalue weighted by Gasteiger charge is 2.29. The van der Waals surface area contributed by atoms with Gasteiger partial charge in [-0.3, -0.25) is 9.78 Å². The van der Waals surface area contributed by atoms with Gasteiger partial charge in [0.1, 0.15) is 5.60 Å². The number of benzene rings is 1. The van der Waals surface area contributed by atoms with Gasteiger partial charge in [0.15, 0.2) is 5.75 Å². The minimum Gasteiger partial charge on any atom is -0.442 e. The summed E-state index contributed by atoms with van der Waals surface area (Å²) >= 11 is 0. The SMILES string of the molecule is Cc1nccc2c1c(=O)n(C)c1cc(ON(C(=O)OC(C)(C)C)[C@H](C)CC(C)C)ccc21. The number of carbonyl (C=O) groups excluding carboxylic acids is 1. The zero-order valence-electron chi connectivity index (χ0n) is 20.2. The maximum Gasteiger partial charge on any atom is 0.443 e. The Morgan fingerprint density at radius 3 is 2.47 bits per heavy atom. The molecule has 1 amide bonds. The van der Waals surface area contributed by atoms with E-state index in [2.05, 4.69) is 18.8 Å². The summed E-state index contributed by atoms with van der Waals surface area (Å²) in [6.45, 7) is 13.4. The van der Waals surface area contributed by atoms with Gasteiger partial charge < -0.3 is 14.1 Å². The number of aryl methyl sites for hydroxylation is 2.